The molecule has 1 fully saturated rings. The van der Waals surface area contributed by atoms with Gasteiger partial charge in [-0.2, -0.15) is 0 Å². The maximum atomic E-state index is 12.9. The van der Waals surface area contributed by atoms with Gasteiger partial charge in [-0.05, 0) is 42.2 Å². The molecule has 0 aliphatic heterocycles. The summed E-state index contributed by atoms with van der Waals surface area (Å²) in [6.45, 7) is 0.348. The quantitative estimate of drug-likeness (QED) is 0.866. The van der Waals surface area contributed by atoms with Crippen LogP contribution in [0, 0.1) is 23.6 Å². The van der Waals surface area contributed by atoms with Crippen molar-refractivity contribution in [2.45, 2.75) is 12.3 Å². The number of hydrogen-bond donors (Lipinski definition) is 1. The first-order valence-electron chi connectivity index (χ1n) is 7.31. The molecular formula is C19H16FNO. The molecule has 2 atom stereocenters. The van der Waals surface area contributed by atoms with Crippen LogP contribution in [0.15, 0.2) is 54.6 Å². The lowest BCUT2D eigenvalue weighted by molar-refractivity contribution is -0.122. The van der Waals surface area contributed by atoms with Crippen LogP contribution in [-0.4, -0.2) is 12.5 Å². The van der Waals surface area contributed by atoms with E-state index in [1.165, 1.54) is 12.1 Å². The third-order valence-electron chi connectivity index (χ3n) is 3.78. The van der Waals surface area contributed by atoms with Crippen LogP contribution in [0.2, 0.25) is 0 Å². The van der Waals surface area contributed by atoms with E-state index < -0.39 is 0 Å². The van der Waals surface area contributed by atoms with Gasteiger partial charge in [0.1, 0.15) is 5.82 Å². The molecule has 110 valence electrons. The van der Waals surface area contributed by atoms with E-state index in [4.69, 9.17) is 0 Å². The minimum absolute atomic E-state index is 0.0102. The molecule has 2 aromatic rings. The Morgan fingerprint density at radius 1 is 1.14 bits per heavy atom. The van der Waals surface area contributed by atoms with Crippen LogP contribution in [0.4, 0.5) is 4.39 Å². The number of hydrogen-bond acceptors (Lipinski definition) is 1. The summed E-state index contributed by atoms with van der Waals surface area (Å²) in [5, 5.41) is 2.84. The van der Waals surface area contributed by atoms with Crippen LogP contribution < -0.4 is 5.32 Å². The molecule has 0 saturated heterocycles. The highest BCUT2D eigenvalue weighted by atomic mass is 19.1. The Kier molecular flexibility index (Phi) is 4.20. The van der Waals surface area contributed by atoms with E-state index in [2.05, 4.69) is 17.2 Å². The van der Waals surface area contributed by atoms with Crippen LogP contribution in [0.3, 0.4) is 0 Å². The summed E-state index contributed by atoms with van der Waals surface area (Å²) in [5.74, 6) is 5.92. The Morgan fingerprint density at radius 2 is 1.86 bits per heavy atom. The highest BCUT2D eigenvalue weighted by Crippen LogP contribution is 2.47. The molecule has 1 aliphatic rings. The van der Waals surface area contributed by atoms with E-state index in [0.717, 1.165) is 17.5 Å². The second-order valence-electron chi connectivity index (χ2n) is 5.39. The smallest absolute Gasteiger partial charge is 0.224 e. The highest BCUT2D eigenvalue weighted by molar-refractivity contribution is 5.83. The molecule has 1 saturated carbocycles. The first kappa shape index (κ1) is 14.3. The molecule has 1 amide bonds. The minimum Gasteiger partial charge on any atom is -0.345 e. The average molecular weight is 293 g/mol. The number of halogens is 1. The predicted octanol–water partition coefficient (Wildman–Crippen LogP) is 3.10. The third kappa shape index (κ3) is 3.53. The normalized spacial score (nSPS) is 19.0. The number of nitrogens with one attached hydrogen (secondary N) is 1. The second-order valence-corrected chi connectivity index (χ2v) is 5.39. The summed E-state index contributed by atoms with van der Waals surface area (Å²) in [6.07, 6.45) is 0.823. The lowest BCUT2D eigenvalue weighted by atomic mass is 10.1. The van der Waals surface area contributed by atoms with Crippen molar-refractivity contribution in [2.75, 3.05) is 6.54 Å². The highest BCUT2D eigenvalue weighted by Gasteiger charge is 2.43. The Balaban J connectivity index is 1.48. The fourth-order valence-corrected chi connectivity index (χ4v) is 2.49. The maximum Gasteiger partial charge on any atom is 0.224 e. The molecule has 0 bridgehead atoms. The lowest BCUT2D eigenvalue weighted by Crippen LogP contribution is -2.25. The van der Waals surface area contributed by atoms with Gasteiger partial charge < -0.3 is 5.32 Å². The molecule has 2 nitrogen and oxygen atoms in total. The molecule has 0 spiro atoms. The number of carbonyl (C=O) groups is 1. The van der Waals surface area contributed by atoms with E-state index in [0.29, 0.717) is 6.54 Å². The number of carbonyl (C=O) groups excluding carboxylic acids is 1. The Bertz CT molecular complexity index is 713. The molecule has 2 unspecified atom stereocenters. The van der Waals surface area contributed by atoms with Gasteiger partial charge in [0, 0.05) is 11.5 Å². The van der Waals surface area contributed by atoms with Gasteiger partial charge in [-0.3, -0.25) is 4.79 Å². The first-order valence-corrected chi connectivity index (χ1v) is 7.31. The molecule has 0 heterocycles. The van der Waals surface area contributed by atoms with E-state index in [9.17, 15) is 9.18 Å². The van der Waals surface area contributed by atoms with Crippen LogP contribution in [-0.2, 0) is 4.79 Å². The topological polar surface area (TPSA) is 29.1 Å². The first-order chi connectivity index (χ1) is 10.7. The lowest BCUT2D eigenvalue weighted by Gasteiger charge is -2.01. The van der Waals surface area contributed by atoms with Crippen LogP contribution in [0.25, 0.3) is 0 Å². The molecule has 22 heavy (non-hydrogen) atoms. The van der Waals surface area contributed by atoms with Crippen molar-refractivity contribution in [3.8, 4) is 11.8 Å². The predicted molar refractivity (Wildman–Crippen MR) is 83.6 cm³/mol. The van der Waals surface area contributed by atoms with Crippen molar-refractivity contribution in [1.29, 1.82) is 0 Å². The summed E-state index contributed by atoms with van der Waals surface area (Å²) >= 11 is 0. The largest absolute Gasteiger partial charge is 0.345 e. The summed E-state index contributed by atoms with van der Waals surface area (Å²) in [5.41, 5.74) is 1.96. The van der Waals surface area contributed by atoms with Gasteiger partial charge in [-0.15, -0.1) is 0 Å². The van der Waals surface area contributed by atoms with E-state index in [1.807, 2.05) is 30.3 Å². The van der Waals surface area contributed by atoms with Crippen molar-refractivity contribution in [2.24, 2.45) is 5.92 Å². The number of rotatable bonds is 3. The van der Waals surface area contributed by atoms with Crippen molar-refractivity contribution in [3.63, 3.8) is 0 Å². The van der Waals surface area contributed by atoms with Gasteiger partial charge in [-0.25, -0.2) is 4.39 Å². The van der Waals surface area contributed by atoms with Gasteiger partial charge in [-0.1, -0.05) is 42.2 Å². The molecule has 3 rings (SSSR count). The van der Waals surface area contributed by atoms with Crippen molar-refractivity contribution in [3.05, 3.63) is 71.5 Å². The van der Waals surface area contributed by atoms with Gasteiger partial charge >= 0.3 is 0 Å². The minimum atomic E-state index is -0.249. The molecule has 1 N–H and O–H groups in total. The van der Waals surface area contributed by atoms with Crippen LogP contribution in [0.5, 0.6) is 0 Å². The summed E-state index contributed by atoms with van der Waals surface area (Å²) < 4.78 is 12.9. The SMILES string of the molecule is O=C(NCC#Cc1ccccc1)C1CC1c1ccc(F)cc1. The van der Waals surface area contributed by atoms with E-state index in [-0.39, 0.29) is 23.6 Å². The number of benzene rings is 2. The standard InChI is InChI=1S/C19H16FNO/c20-16-10-8-15(9-11-16)17-13-18(17)19(22)21-12-4-7-14-5-2-1-3-6-14/h1-3,5-6,8-11,17-18H,12-13H2,(H,21,22). The number of amides is 1. The van der Waals surface area contributed by atoms with Crippen molar-refractivity contribution >= 4 is 5.91 Å². The molecule has 3 heteroatoms. The second kappa shape index (κ2) is 6.44. The zero-order valence-electron chi connectivity index (χ0n) is 12.1. The Morgan fingerprint density at radius 3 is 2.59 bits per heavy atom. The molecule has 2 aromatic carbocycles. The summed E-state index contributed by atoms with van der Waals surface area (Å²) in [4.78, 5) is 12.0. The van der Waals surface area contributed by atoms with Crippen LogP contribution in [0.1, 0.15) is 23.5 Å². The Labute approximate surface area is 129 Å². The summed E-state index contributed by atoms with van der Waals surface area (Å²) in [6, 6.07) is 16.0. The van der Waals surface area contributed by atoms with Gasteiger partial charge in [0.25, 0.3) is 0 Å². The average Bonchev–Trinajstić information content (AvgIpc) is 3.34. The van der Waals surface area contributed by atoms with Crippen LogP contribution >= 0.6 is 0 Å². The molecule has 1 aliphatic carbocycles. The fourth-order valence-electron chi connectivity index (χ4n) is 2.49. The van der Waals surface area contributed by atoms with E-state index >= 15 is 0 Å². The van der Waals surface area contributed by atoms with Gasteiger partial charge in [0.15, 0.2) is 0 Å². The fraction of sp³-hybridized carbons (Fsp3) is 0.211. The zero-order chi connectivity index (χ0) is 15.4. The monoisotopic (exact) mass is 293 g/mol. The van der Waals surface area contributed by atoms with Crippen molar-refractivity contribution < 1.29 is 9.18 Å². The zero-order valence-corrected chi connectivity index (χ0v) is 12.1. The maximum absolute atomic E-state index is 12.9. The van der Waals surface area contributed by atoms with E-state index in [1.54, 1.807) is 12.1 Å². The summed E-state index contributed by atoms with van der Waals surface area (Å²) in [7, 11) is 0. The Hall–Kier alpha value is -2.60. The molecular weight excluding hydrogens is 277 g/mol. The molecule has 0 aromatic heterocycles. The van der Waals surface area contributed by atoms with Gasteiger partial charge in [0.05, 0.1) is 6.54 Å². The third-order valence-corrected chi connectivity index (χ3v) is 3.78. The molecule has 0 radical (unpaired) electrons. The van der Waals surface area contributed by atoms with Gasteiger partial charge in [0.2, 0.25) is 5.91 Å². The van der Waals surface area contributed by atoms with Crippen molar-refractivity contribution in [1.82, 2.24) is 5.32 Å².